The summed E-state index contributed by atoms with van der Waals surface area (Å²) in [5.41, 5.74) is 1.73. The Morgan fingerprint density at radius 1 is 1.50 bits per heavy atom. The number of nitrogens with one attached hydrogen (secondary N) is 2. The molecule has 0 aliphatic carbocycles. The van der Waals surface area contributed by atoms with Crippen LogP contribution in [0.25, 0.3) is 0 Å². The SMILES string of the molecule is CCc1[nH]nc(NS(=O)(=O)c2cnn(C)c2)c1C. The van der Waals surface area contributed by atoms with Gasteiger partial charge in [0.2, 0.25) is 0 Å². The van der Waals surface area contributed by atoms with E-state index in [1.807, 2.05) is 13.8 Å². The van der Waals surface area contributed by atoms with E-state index >= 15 is 0 Å². The largest absolute Gasteiger partial charge is 0.280 e. The van der Waals surface area contributed by atoms with Crippen molar-refractivity contribution in [2.45, 2.75) is 25.2 Å². The van der Waals surface area contributed by atoms with Crippen LogP contribution in [-0.4, -0.2) is 28.4 Å². The van der Waals surface area contributed by atoms with Crippen molar-refractivity contribution in [3.63, 3.8) is 0 Å². The molecule has 0 spiro atoms. The van der Waals surface area contributed by atoms with Crippen molar-refractivity contribution >= 4 is 15.8 Å². The van der Waals surface area contributed by atoms with E-state index in [9.17, 15) is 8.42 Å². The van der Waals surface area contributed by atoms with E-state index in [1.54, 1.807) is 7.05 Å². The highest BCUT2D eigenvalue weighted by Gasteiger charge is 2.19. The molecular formula is C10H15N5O2S. The Kier molecular flexibility index (Phi) is 3.12. The Morgan fingerprint density at radius 3 is 2.72 bits per heavy atom. The molecule has 7 nitrogen and oxygen atoms in total. The summed E-state index contributed by atoms with van der Waals surface area (Å²) >= 11 is 0. The molecule has 8 heteroatoms. The van der Waals surface area contributed by atoms with Crippen LogP contribution in [0.2, 0.25) is 0 Å². The lowest BCUT2D eigenvalue weighted by Gasteiger charge is -2.03. The lowest BCUT2D eigenvalue weighted by Crippen LogP contribution is -2.13. The summed E-state index contributed by atoms with van der Waals surface area (Å²) in [6.07, 6.45) is 3.50. The minimum atomic E-state index is -3.63. The predicted molar refractivity (Wildman–Crippen MR) is 66.7 cm³/mol. The number of sulfonamides is 1. The highest BCUT2D eigenvalue weighted by atomic mass is 32.2. The highest BCUT2D eigenvalue weighted by Crippen LogP contribution is 2.19. The fraction of sp³-hybridized carbons (Fsp3) is 0.400. The van der Waals surface area contributed by atoms with Gasteiger partial charge in [-0.1, -0.05) is 6.92 Å². The van der Waals surface area contributed by atoms with Gasteiger partial charge in [0.05, 0.1) is 6.20 Å². The van der Waals surface area contributed by atoms with E-state index in [0.717, 1.165) is 17.7 Å². The summed E-state index contributed by atoms with van der Waals surface area (Å²) in [6.45, 7) is 3.79. The lowest BCUT2D eigenvalue weighted by molar-refractivity contribution is 0.601. The number of aromatic nitrogens is 4. The second-order valence-electron chi connectivity index (χ2n) is 3.98. The third kappa shape index (κ3) is 2.23. The summed E-state index contributed by atoms with van der Waals surface area (Å²) in [4.78, 5) is 0.116. The fourth-order valence-corrected chi connectivity index (χ4v) is 2.65. The van der Waals surface area contributed by atoms with Crippen LogP contribution in [0.1, 0.15) is 18.2 Å². The molecule has 2 aromatic rings. The number of anilines is 1. The minimum Gasteiger partial charge on any atom is -0.280 e. The van der Waals surface area contributed by atoms with Gasteiger partial charge in [0.1, 0.15) is 4.90 Å². The molecular weight excluding hydrogens is 254 g/mol. The molecule has 0 atom stereocenters. The maximum Gasteiger partial charge on any atom is 0.266 e. The summed E-state index contributed by atoms with van der Waals surface area (Å²) in [7, 11) is -1.97. The molecule has 0 aliphatic heterocycles. The van der Waals surface area contributed by atoms with Gasteiger partial charge in [0, 0.05) is 24.5 Å². The van der Waals surface area contributed by atoms with Crippen LogP contribution in [0.15, 0.2) is 17.3 Å². The van der Waals surface area contributed by atoms with Crippen molar-refractivity contribution in [1.82, 2.24) is 20.0 Å². The second-order valence-corrected chi connectivity index (χ2v) is 5.67. The quantitative estimate of drug-likeness (QED) is 0.859. The molecule has 0 unspecified atom stereocenters. The molecule has 18 heavy (non-hydrogen) atoms. The molecule has 2 heterocycles. The number of aryl methyl sites for hydroxylation is 2. The molecule has 0 saturated carbocycles. The third-order valence-electron chi connectivity index (χ3n) is 2.69. The molecule has 0 bridgehead atoms. The minimum absolute atomic E-state index is 0.116. The standard InChI is InChI=1S/C10H15N5O2S/c1-4-9-7(2)10(13-12-9)14-18(16,17)8-5-11-15(3)6-8/h5-6H,4H2,1-3H3,(H2,12,13,14). The number of rotatable bonds is 4. The zero-order valence-corrected chi connectivity index (χ0v) is 11.2. The third-order valence-corrected chi connectivity index (χ3v) is 3.98. The number of H-pyrrole nitrogens is 1. The van der Waals surface area contributed by atoms with Crippen molar-refractivity contribution in [3.05, 3.63) is 23.7 Å². The molecule has 0 fully saturated rings. The number of nitrogens with zero attached hydrogens (tertiary/aromatic N) is 3. The van der Waals surface area contributed by atoms with E-state index in [2.05, 4.69) is 20.0 Å². The van der Waals surface area contributed by atoms with Gasteiger partial charge in [-0.05, 0) is 13.3 Å². The molecule has 0 amide bonds. The van der Waals surface area contributed by atoms with Crippen molar-refractivity contribution in [1.29, 1.82) is 0 Å². The first-order chi connectivity index (χ1) is 8.44. The monoisotopic (exact) mass is 269 g/mol. The summed E-state index contributed by atoms with van der Waals surface area (Å²) in [5.74, 6) is 0.329. The van der Waals surface area contributed by atoms with E-state index in [-0.39, 0.29) is 4.90 Å². The fourth-order valence-electron chi connectivity index (χ4n) is 1.60. The van der Waals surface area contributed by atoms with Gasteiger partial charge in [-0.15, -0.1) is 0 Å². The molecule has 0 saturated heterocycles. The van der Waals surface area contributed by atoms with Crippen LogP contribution in [0.3, 0.4) is 0 Å². The topological polar surface area (TPSA) is 92.7 Å². The highest BCUT2D eigenvalue weighted by molar-refractivity contribution is 7.92. The van der Waals surface area contributed by atoms with Gasteiger partial charge in [0.15, 0.2) is 5.82 Å². The molecule has 98 valence electrons. The van der Waals surface area contributed by atoms with Gasteiger partial charge < -0.3 is 0 Å². The van der Waals surface area contributed by atoms with Crippen LogP contribution in [0.4, 0.5) is 5.82 Å². The summed E-state index contributed by atoms with van der Waals surface area (Å²) in [6, 6.07) is 0. The van der Waals surface area contributed by atoms with Crippen molar-refractivity contribution in [2.75, 3.05) is 4.72 Å². The molecule has 0 aliphatic rings. The summed E-state index contributed by atoms with van der Waals surface area (Å²) < 4.78 is 28.0. The van der Waals surface area contributed by atoms with Crippen LogP contribution in [0, 0.1) is 6.92 Å². The van der Waals surface area contributed by atoms with Gasteiger partial charge in [-0.2, -0.15) is 10.2 Å². The van der Waals surface area contributed by atoms with Gasteiger partial charge in [0.25, 0.3) is 10.0 Å². The first-order valence-electron chi connectivity index (χ1n) is 5.49. The van der Waals surface area contributed by atoms with Crippen molar-refractivity contribution in [2.24, 2.45) is 7.05 Å². The maximum atomic E-state index is 12.0. The normalized spacial score (nSPS) is 11.7. The van der Waals surface area contributed by atoms with Gasteiger partial charge in [-0.25, -0.2) is 8.42 Å². The zero-order valence-electron chi connectivity index (χ0n) is 10.4. The Balaban J connectivity index is 2.30. The van der Waals surface area contributed by atoms with E-state index in [1.165, 1.54) is 17.1 Å². The predicted octanol–water partition coefficient (Wildman–Crippen LogP) is 0.815. The van der Waals surface area contributed by atoms with E-state index < -0.39 is 10.0 Å². The average Bonchev–Trinajstić information content (AvgIpc) is 2.87. The zero-order chi connectivity index (χ0) is 13.3. The lowest BCUT2D eigenvalue weighted by atomic mass is 10.2. The smallest absolute Gasteiger partial charge is 0.266 e. The van der Waals surface area contributed by atoms with Crippen molar-refractivity contribution in [3.8, 4) is 0 Å². The Labute approximate surface area is 105 Å². The second kappa shape index (κ2) is 4.45. The number of aromatic amines is 1. The molecule has 0 aromatic carbocycles. The number of hydrogen-bond acceptors (Lipinski definition) is 4. The molecule has 2 aromatic heterocycles. The first-order valence-corrected chi connectivity index (χ1v) is 6.97. The molecule has 2 rings (SSSR count). The van der Waals surface area contributed by atoms with Crippen LogP contribution >= 0.6 is 0 Å². The Morgan fingerprint density at radius 2 is 2.22 bits per heavy atom. The Bertz CT molecular complexity index is 656. The summed E-state index contributed by atoms with van der Waals surface area (Å²) in [5, 5.41) is 10.6. The van der Waals surface area contributed by atoms with E-state index in [4.69, 9.17) is 0 Å². The average molecular weight is 269 g/mol. The van der Waals surface area contributed by atoms with Crippen molar-refractivity contribution < 1.29 is 8.42 Å². The van der Waals surface area contributed by atoms with E-state index in [0.29, 0.717) is 5.82 Å². The molecule has 2 N–H and O–H groups in total. The van der Waals surface area contributed by atoms with Crippen LogP contribution in [-0.2, 0) is 23.5 Å². The maximum absolute atomic E-state index is 12.0. The van der Waals surface area contributed by atoms with Crippen LogP contribution < -0.4 is 4.72 Å². The molecule has 0 radical (unpaired) electrons. The first kappa shape index (κ1) is 12.6. The van der Waals surface area contributed by atoms with Crippen LogP contribution in [0.5, 0.6) is 0 Å². The van der Waals surface area contributed by atoms with Gasteiger partial charge >= 0.3 is 0 Å². The number of hydrogen-bond donors (Lipinski definition) is 2. The van der Waals surface area contributed by atoms with Gasteiger partial charge in [-0.3, -0.25) is 14.5 Å². The Hall–Kier alpha value is -1.83.